The monoisotopic (exact) mass is 220 g/mol. The highest BCUT2D eigenvalue weighted by molar-refractivity contribution is 5.37. The molecule has 1 saturated carbocycles. The van der Waals surface area contributed by atoms with Crippen LogP contribution in [0.3, 0.4) is 0 Å². The molecule has 0 amide bonds. The summed E-state index contributed by atoms with van der Waals surface area (Å²) in [6.07, 6.45) is 6.28. The zero-order valence-corrected chi connectivity index (χ0v) is 10.1. The van der Waals surface area contributed by atoms with Gasteiger partial charge in [-0.1, -0.05) is 0 Å². The van der Waals surface area contributed by atoms with Crippen LogP contribution in [0, 0.1) is 5.92 Å². The molecule has 1 aliphatic rings. The van der Waals surface area contributed by atoms with Crippen LogP contribution >= 0.6 is 0 Å². The minimum Gasteiger partial charge on any atom is -0.353 e. The molecular formula is C12H20N4. The standard InChI is InChI=1S/C12H20N4/c1-9(2)16(8-10-3-4-10)12-7-14-6-11(5-13)15-12/h6-7,9-10H,3-5,8,13H2,1-2H3. The second kappa shape index (κ2) is 4.78. The van der Waals surface area contributed by atoms with Crippen LogP contribution in [0.25, 0.3) is 0 Å². The largest absolute Gasteiger partial charge is 0.353 e. The molecule has 0 radical (unpaired) electrons. The van der Waals surface area contributed by atoms with Crippen molar-refractivity contribution in [3.05, 3.63) is 18.1 Å². The van der Waals surface area contributed by atoms with E-state index in [-0.39, 0.29) is 0 Å². The maximum Gasteiger partial charge on any atom is 0.147 e. The first-order valence-electron chi connectivity index (χ1n) is 5.98. The molecule has 1 fully saturated rings. The average molecular weight is 220 g/mol. The van der Waals surface area contributed by atoms with Crippen molar-refractivity contribution in [1.82, 2.24) is 9.97 Å². The Labute approximate surface area is 96.9 Å². The van der Waals surface area contributed by atoms with Crippen molar-refractivity contribution in [3.63, 3.8) is 0 Å². The lowest BCUT2D eigenvalue weighted by Gasteiger charge is -2.27. The summed E-state index contributed by atoms with van der Waals surface area (Å²) >= 11 is 0. The van der Waals surface area contributed by atoms with Gasteiger partial charge in [0.25, 0.3) is 0 Å². The van der Waals surface area contributed by atoms with E-state index in [2.05, 4.69) is 28.7 Å². The van der Waals surface area contributed by atoms with E-state index in [1.54, 1.807) is 6.20 Å². The predicted octanol–water partition coefficient (Wildman–Crippen LogP) is 1.56. The maximum atomic E-state index is 5.59. The van der Waals surface area contributed by atoms with Crippen LogP contribution in [0.1, 0.15) is 32.4 Å². The van der Waals surface area contributed by atoms with E-state index >= 15 is 0 Å². The molecule has 0 spiro atoms. The molecule has 0 aliphatic heterocycles. The third-order valence-corrected chi connectivity index (χ3v) is 2.95. The third-order valence-electron chi connectivity index (χ3n) is 2.95. The molecule has 1 heterocycles. The predicted molar refractivity (Wildman–Crippen MR) is 65.1 cm³/mol. The van der Waals surface area contributed by atoms with Crippen molar-refractivity contribution in [1.29, 1.82) is 0 Å². The van der Waals surface area contributed by atoms with Crippen molar-refractivity contribution in [2.45, 2.75) is 39.3 Å². The summed E-state index contributed by atoms with van der Waals surface area (Å²) in [5.41, 5.74) is 6.45. The molecule has 1 aromatic rings. The van der Waals surface area contributed by atoms with Crippen molar-refractivity contribution in [2.24, 2.45) is 11.7 Å². The van der Waals surface area contributed by atoms with Gasteiger partial charge in [-0.05, 0) is 32.6 Å². The summed E-state index contributed by atoms with van der Waals surface area (Å²) in [4.78, 5) is 11.1. The van der Waals surface area contributed by atoms with Crippen LogP contribution in [-0.4, -0.2) is 22.6 Å². The van der Waals surface area contributed by atoms with Crippen molar-refractivity contribution in [3.8, 4) is 0 Å². The SMILES string of the molecule is CC(C)N(CC1CC1)c1cncc(CN)n1. The highest BCUT2D eigenvalue weighted by atomic mass is 15.2. The second-order valence-electron chi connectivity index (χ2n) is 4.76. The molecule has 2 rings (SSSR count). The van der Waals surface area contributed by atoms with Gasteiger partial charge in [0.2, 0.25) is 0 Å². The molecular weight excluding hydrogens is 200 g/mol. The first kappa shape index (κ1) is 11.3. The molecule has 16 heavy (non-hydrogen) atoms. The minimum absolute atomic E-state index is 0.455. The molecule has 1 aromatic heterocycles. The number of aromatic nitrogens is 2. The second-order valence-corrected chi connectivity index (χ2v) is 4.76. The topological polar surface area (TPSA) is 55.0 Å². The Hall–Kier alpha value is -1.16. The van der Waals surface area contributed by atoms with Gasteiger partial charge in [-0.3, -0.25) is 4.98 Å². The lowest BCUT2D eigenvalue weighted by Crippen LogP contribution is -2.33. The molecule has 4 heteroatoms. The molecule has 2 N–H and O–H groups in total. The lowest BCUT2D eigenvalue weighted by atomic mass is 10.2. The van der Waals surface area contributed by atoms with Gasteiger partial charge < -0.3 is 10.6 Å². The Balaban J connectivity index is 2.15. The summed E-state index contributed by atoms with van der Waals surface area (Å²) in [7, 11) is 0. The van der Waals surface area contributed by atoms with Gasteiger partial charge in [0, 0.05) is 25.3 Å². The van der Waals surface area contributed by atoms with E-state index in [9.17, 15) is 0 Å². The summed E-state index contributed by atoms with van der Waals surface area (Å²) in [5, 5.41) is 0. The van der Waals surface area contributed by atoms with E-state index in [0.717, 1.165) is 24.0 Å². The molecule has 4 nitrogen and oxygen atoms in total. The minimum atomic E-state index is 0.455. The molecule has 88 valence electrons. The van der Waals surface area contributed by atoms with Gasteiger partial charge in [-0.15, -0.1) is 0 Å². The number of nitrogens with zero attached hydrogens (tertiary/aromatic N) is 3. The Morgan fingerprint density at radius 2 is 2.19 bits per heavy atom. The summed E-state index contributed by atoms with van der Waals surface area (Å²) in [6, 6.07) is 0.461. The van der Waals surface area contributed by atoms with Gasteiger partial charge in [-0.2, -0.15) is 0 Å². The summed E-state index contributed by atoms with van der Waals surface area (Å²) in [6.45, 7) is 5.94. The van der Waals surface area contributed by atoms with Gasteiger partial charge >= 0.3 is 0 Å². The van der Waals surface area contributed by atoms with Gasteiger partial charge in [0.1, 0.15) is 5.82 Å². The van der Waals surface area contributed by atoms with Crippen molar-refractivity contribution >= 4 is 5.82 Å². The van der Waals surface area contributed by atoms with E-state index in [1.165, 1.54) is 12.8 Å². The van der Waals surface area contributed by atoms with Crippen LogP contribution in [0.15, 0.2) is 12.4 Å². The van der Waals surface area contributed by atoms with Crippen LogP contribution in [0.2, 0.25) is 0 Å². The molecule has 0 bridgehead atoms. The van der Waals surface area contributed by atoms with Gasteiger partial charge in [0.05, 0.1) is 11.9 Å². The highest BCUT2D eigenvalue weighted by Gasteiger charge is 2.26. The van der Waals surface area contributed by atoms with Crippen molar-refractivity contribution < 1.29 is 0 Å². The molecule has 0 saturated heterocycles. The maximum absolute atomic E-state index is 5.59. The van der Waals surface area contributed by atoms with E-state index < -0.39 is 0 Å². The summed E-state index contributed by atoms with van der Waals surface area (Å²) in [5.74, 6) is 1.82. The highest BCUT2D eigenvalue weighted by Crippen LogP contribution is 2.31. The first-order chi connectivity index (χ1) is 7.70. The van der Waals surface area contributed by atoms with Crippen molar-refractivity contribution in [2.75, 3.05) is 11.4 Å². The molecule has 1 aliphatic carbocycles. The summed E-state index contributed by atoms with van der Waals surface area (Å²) < 4.78 is 0. The quantitative estimate of drug-likeness (QED) is 0.818. The fourth-order valence-corrected chi connectivity index (χ4v) is 1.78. The normalized spacial score (nSPS) is 15.5. The Morgan fingerprint density at radius 1 is 1.44 bits per heavy atom. The first-order valence-corrected chi connectivity index (χ1v) is 5.98. The number of rotatable bonds is 5. The van der Waals surface area contributed by atoms with E-state index in [1.807, 2.05) is 6.20 Å². The van der Waals surface area contributed by atoms with Crippen LogP contribution in [-0.2, 0) is 6.54 Å². The lowest BCUT2D eigenvalue weighted by molar-refractivity contribution is 0.633. The Morgan fingerprint density at radius 3 is 2.75 bits per heavy atom. The average Bonchev–Trinajstić information content (AvgIpc) is 3.09. The number of anilines is 1. The molecule has 0 aromatic carbocycles. The fourth-order valence-electron chi connectivity index (χ4n) is 1.78. The molecule has 0 atom stereocenters. The Kier molecular flexibility index (Phi) is 3.39. The zero-order valence-electron chi connectivity index (χ0n) is 10.1. The van der Waals surface area contributed by atoms with Crippen LogP contribution in [0.4, 0.5) is 5.82 Å². The van der Waals surface area contributed by atoms with Crippen LogP contribution < -0.4 is 10.6 Å². The van der Waals surface area contributed by atoms with E-state index in [4.69, 9.17) is 5.73 Å². The van der Waals surface area contributed by atoms with E-state index in [0.29, 0.717) is 12.6 Å². The molecule has 0 unspecified atom stereocenters. The third kappa shape index (κ3) is 2.70. The van der Waals surface area contributed by atoms with Gasteiger partial charge in [-0.25, -0.2) is 4.98 Å². The smallest absolute Gasteiger partial charge is 0.147 e. The number of hydrogen-bond donors (Lipinski definition) is 1. The van der Waals surface area contributed by atoms with Crippen LogP contribution in [0.5, 0.6) is 0 Å². The number of hydrogen-bond acceptors (Lipinski definition) is 4. The number of nitrogens with two attached hydrogens (primary N) is 1. The van der Waals surface area contributed by atoms with Gasteiger partial charge in [0.15, 0.2) is 0 Å². The fraction of sp³-hybridized carbons (Fsp3) is 0.667. The zero-order chi connectivity index (χ0) is 11.5. The Bertz CT molecular complexity index is 347.